The number of carbonyl (C=O) groups is 1. The fourth-order valence-corrected chi connectivity index (χ4v) is 1.80. The van der Waals surface area contributed by atoms with E-state index < -0.39 is 0 Å². The molecule has 2 N–H and O–H groups in total. The Hall–Kier alpha value is -2.49. The Bertz CT molecular complexity index is 663. The minimum atomic E-state index is -0.170. The summed E-state index contributed by atoms with van der Waals surface area (Å²) in [5, 5.41) is 2.91. The number of nitroso groups, excluding NO2 is 1. The maximum Gasteiger partial charge on any atom is 0.193 e. The van der Waals surface area contributed by atoms with Crippen LogP contribution in [0.25, 0.3) is 0 Å². The topological polar surface area (TPSA) is 72.5 Å². The van der Waals surface area contributed by atoms with Crippen molar-refractivity contribution in [1.82, 2.24) is 0 Å². The van der Waals surface area contributed by atoms with Gasteiger partial charge in [0.1, 0.15) is 5.69 Å². The lowest BCUT2D eigenvalue weighted by Gasteiger charge is -2.06. The average Bonchev–Trinajstić information content (AvgIpc) is 2.41. The third-order valence-corrected chi connectivity index (χ3v) is 3.11. The summed E-state index contributed by atoms with van der Waals surface area (Å²) in [6, 6.07) is 10.1. The van der Waals surface area contributed by atoms with Crippen molar-refractivity contribution in [2.75, 3.05) is 5.73 Å². The molecule has 0 bridgehead atoms. The van der Waals surface area contributed by atoms with E-state index >= 15 is 0 Å². The number of carbonyl (C=O) groups excluding carboxylic acids is 1. The van der Waals surface area contributed by atoms with Crippen molar-refractivity contribution in [3.05, 3.63) is 63.6 Å². The van der Waals surface area contributed by atoms with Crippen LogP contribution in [0.3, 0.4) is 0 Å². The van der Waals surface area contributed by atoms with Crippen LogP contribution < -0.4 is 5.73 Å². The second-order valence-electron chi connectivity index (χ2n) is 4.49. The van der Waals surface area contributed by atoms with Crippen LogP contribution in [-0.4, -0.2) is 5.78 Å². The first-order chi connectivity index (χ1) is 9.02. The van der Waals surface area contributed by atoms with Crippen LogP contribution in [0.5, 0.6) is 0 Å². The Morgan fingerprint density at radius 3 is 2.16 bits per heavy atom. The van der Waals surface area contributed by atoms with Crippen LogP contribution in [0, 0.1) is 18.8 Å². The molecule has 2 aromatic carbocycles. The van der Waals surface area contributed by atoms with Crippen LogP contribution in [0.15, 0.2) is 41.6 Å². The molecule has 0 heterocycles. The van der Waals surface area contributed by atoms with Crippen molar-refractivity contribution in [3.8, 4) is 0 Å². The SMILES string of the molecule is Cc1ccc(C(=O)c2ccc(C)c(N=O)c2)cc1N. The zero-order chi connectivity index (χ0) is 14.0. The van der Waals surface area contributed by atoms with Gasteiger partial charge in [0.2, 0.25) is 0 Å². The maximum atomic E-state index is 12.3. The number of benzene rings is 2. The van der Waals surface area contributed by atoms with Gasteiger partial charge in [0.25, 0.3) is 0 Å². The quantitative estimate of drug-likeness (QED) is 0.517. The van der Waals surface area contributed by atoms with E-state index in [2.05, 4.69) is 5.18 Å². The van der Waals surface area contributed by atoms with Crippen molar-refractivity contribution >= 4 is 17.2 Å². The minimum absolute atomic E-state index is 0.170. The Kier molecular flexibility index (Phi) is 3.42. The van der Waals surface area contributed by atoms with Gasteiger partial charge in [-0.3, -0.25) is 4.79 Å². The number of anilines is 1. The predicted molar refractivity (Wildman–Crippen MR) is 75.7 cm³/mol. The fraction of sp³-hybridized carbons (Fsp3) is 0.133. The average molecular weight is 254 g/mol. The van der Waals surface area contributed by atoms with Crippen LogP contribution in [0.1, 0.15) is 27.0 Å². The number of rotatable bonds is 3. The molecule has 0 radical (unpaired) electrons. The lowest BCUT2D eigenvalue weighted by molar-refractivity contribution is 0.103. The van der Waals surface area contributed by atoms with Gasteiger partial charge in [-0.15, -0.1) is 4.91 Å². The van der Waals surface area contributed by atoms with Crippen LogP contribution in [-0.2, 0) is 0 Å². The van der Waals surface area contributed by atoms with Crippen molar-refractivity contribution < 1.29 is 4.79 Å². The molecule has 0 spiro atoms. The molecule has 96 valence electrons. The van der Waals surface area contributed by atoms with Gasteiger partial charge in [-0.1, -0.05) is 24.3 Å². The number of nitrogens with zero attached hydrogens (tertiary/aromatic N) is 1. The summed E-state index contributed by atoms with van der Waals surface area (Å²) in [5.74, 6) is -0.170. The molecule has 0 unspecified atom stereocenters. The lowest BCUT2D eigenvalue weighted by Crippen LogP contribution is -2.03. The summed E-state index contributed by atoms with van der Waals surface area (Å²) in [6.07, 6.45) is 0. The second kappa shape index (κ2) is 5.02. The highest BCUT2D eigenvalue weighted by Gasteiger charge is 2.12. The first-order valence-electron chi connectivity index (χ1n) is 5.88. The molecule has 2 rings (SSSR count). The van der Waals surface area contributed by atoms with Crippen molar-refractivity contribution in [3.63, 3.8) is 0 Å². The highest BCUT2D eigenvalue weighted by molar-refractivity contribution is 6.09. The van der Waals surface area contributed by atoms with Gasteiger partial charge in [-0.05, 0) is 42.3 Å². The monoisotopic (exact) mass is 254 g/mol. The zero-order valence-corrected chi connectivity index (χ0v) is 10.8. The normalized spacial score (nSPS) is 10.2. The Labute approximate surface area is 111 Å². The van der Waals surface area contributed by atoms with Crippen molar-refractivity contribution in [1.29, 1.82) is 0 Å². The minimum Gasteiger partial charge on any atom is -0.398 e. The molecular formula is C15H14N2O2. The summed E-state index contributed by atoms with van der Waals surface area (Å²) >= 11 is 0. The lowest BCUT2D eigenvalue weighted by atomic mass is 9.99. The highest BCUT2D eigenvalue weighted by atomic mass is 16.3. The Balaban J connectivity index is 2.43. The molecule has 0 aliphatic rings. The molecule has 0 aliphatic carbocycles. The molecule has 0 aliphatic heterocycles. The van der Waals surface area contributed by atoms with E-state index in [4.69, 9.17) is 5.73 Å². The molecule has 0 atom stereocenters. The van der Waals surface area contributed by atoms with Gasteiger partial charge in [0, 0.05) is 16.8 Å². The van der Waals surface area contributed by atoms with Crippen LogP contribution in [0.4, 0.5) is 11.4 Å². The van der Waals surface area contributed by atoms with Gasteiger partial charge in [0.05, 0.1) is 0 Å². The molecule has 19 heavy (non-hydrogen) atoms. The predicted octanol–water partition coefficient (Wildman–Crippen LogP) is 3.51. The summed E-state index contributed by atoms with van der Waals surface area (Å²) in [5.41, 5.74) is 9.26. The van der Waals surface area contributed by atoms with E-state index in [9.17, 15) is 9.70 Å². The number of nitrogen functional groups attached to an aromatic ring is 1. The second-order valence-corrected chi connectivity index (χ2v) is 4.49. The summed E-state index contributed by atoms with van der Waals surface area (Å²) < 4.78 is 0. The third-order valence-electron chi connectivity index (χ3n) is 3.11. The molecule has 4 nitrogen and oxygen atoms in total. The standard InChI is InChI=1S/C15H14N2O2/c1-9-3-5-11(7-13(9)16)15(18)12-6-4-10(2)14(8-12)17-19/h3-8H,16H2,1-2H3. The molecular weight excluding hydrogens is 240 g/mol. The number of hydrogen-bond acceptors (Lipinski definition) is 4. The van der Waals surface area contributed by atoms with Gasteiger partial charge in [-0.2, -0.15) is 0 Å². The summed E-state index contributed by atoms with van der Waals surface area (Å²) in [7, 11) is 0. The first kappa shape index (κ1) is 13.0. The fourth-order valence-electron chi connectivity index (χ4n) is 1.80. The van der Waals surface area contributed by atoms with Crippen molar-refractivity contribution in [2.24, 2.45) is 5.18 Å². The first-order valence-corrected chi connectivity index (χ1v) is 5.88. The molecule has 0 saturated carbocycles. The molecule has 0 saturated heterocycles. The van der Waals surface area contributed by atoms with E-state index in [1.807, 2.05) is 6.92 Å². The van der Waals surface area contributed by atoms with E-state index in [0.717, 1.165) is 11.1 Å². The van der Waals surface area contributed by atoms with Crippen LogP contribution in [0.2, 0.25) is 0 Å². The van der Waals surface area contributed by atoms with Crippen LogP contribution >= 0.6 is 0 Å². The van der Waals surface area contributed by atoms with E-state index in [1.54, 1.807) is 37.3 Å². The number of ketones is 1. The molecule has 0 fully saturated rings. The zero-order valence-electron chi connectivity index (χ0n) is 10.8. The Morgan fingerprint density at radius 2 is 1.58 bits per heavy atom. The van der Waals surface area contributed by atoms with E-state index in [0.29, 0.717) is 16.8 Å². The summed E-state index contributed by atoms with van der Waals surface area (Å²) in [4.78, 5) is 22.9. The highest BCUT2D eigenvalue weighted by Crippen LogP contribution is 2.22. The van der Waals surface area contributed by atoms with Gasteiger partial charge >= 0.3 is 0 Å². The maximum absolute atomic E-state index is 12.3. The molecule has 2 aromatic rings. The van der Waals surface area contributed by atoms with Gasteiger partial charge < -0.3 is 5.73 Å². The van der Waals surface area contributed by atoms with Gasteiger partial charge in [-0.25, -0.2) is 0 Å². The van der Waals surface area contributed by atoms with Crippen molar-refractivity contribution in [2.45, 2.75) is 13.8 Å². The molecule has 4 heteroatoms. The number of nitrogens with two attached hydrogens (primary N) is 1. The number of aryl methyl sites for hydroxylation is 2. The van der Waals surface area contributed by atoms with E-state index in [-0.39, 0.29) is 11.5 Å². The Morgan fingerprint density at radius 1 is 1.00 bits per heavy atom. The number of hydrogen-bond donors (Lipinski definition) is 1. The largest absolute Gasteiger partial charge is 0.398 e. The smallest absolute Gasteiger partial charge is 0.193 e. The summed E-state index contributed by atoms with van der Waals surface area (Å²) in [6.45, 7) is 3.65. The molecule has 0 amide bonds. The van der Waals surface area contributed by atoms with E-state index in [1.165, 1.54) is 6.07 Å². The third kappa shape index (κ3) is 2.52. The molecule has 0 aromatic heterocycles. The van der Waals surface area contributed by atoms with Gasteiger partial charge in [0.15, 0.2) is 5.78 Å².